The molecule has 1 aliphatic carbocycles. The molecule has 0 saturated heterocycles. The summed E-state index contributed by atoms with van der Waals surface area (Å²) in [7, 11) is 0. The van der Waals surface area contributed by atoms with Crippen LogP contribution in [-0.4, -0.2) is 16.8 Å². The van der Waals surface area contributed by atoms with E-state index in [0.717, 1.165) is 35.3 Å². The molecule has 150 valence electrons. The van der Waals surface area contributed by atoms with E-state index in [1.54, 1.807) is 19.1 Å². The molecular weight excluding hydrogens is 409 g/mol. The van der Waals surface area contributed by atoms with Crippen LogP contribution in [0.25, 0.3) is 10.6 Å². The summed E-state index contributed by atoms with van der Waals surface area (Å²) in [5.41, 5.74) is 8.38. The third-order valence-electron chi connectivity index (χ3n) is 5.08. The van der Waals surface area contributed by atoms with Gasteiger partial charge >= 0.3 is 0 Å². The summed E-state index contributed by atoms with van der Waals surface area (Å²) >= 11 is 2.68. The summed E-state index contributed by atoms with van der Waals surface area (Å²) in [6.07, 6.45) is 2.70. The lowest BCUT2D eigenvalue weighted by atomic mass is 9.88. The third kappa shape index (κ3) is 3.82. The van der Waals surface area contributed by atoms with Gasteiger partial charge in [0.05, 0.1) is 11.3 Å². The molecule has 3 N–H and O–H groups in total. The average molecular weight is 430 g/mol. The van der Waals surface area contributed by atoms with Crippen molar-refractivity contribution in [2.45, 2.75) is 33.1 Å². The van der Waals surface area contributed by atoms with Crippen LogP contribution in [0.2, 0.25) is 0 Å². The van der Waals surface area contributed by atoms with Crippen molar-refractivity contribution in [3.05, 3.63) is 56.7 Å². The van der Waals surface area contributed by atoms with Gasteiger partial charge in [0, 0.05) is 10.4 Å². The van der Waals surface area contributed by atoms with Crippen LogP contribution in [-0.2, 0) is 12.8 Å². The van der Waals surface area contributed by atoms with Gasteiger partial charge in [-0.1, -0.05) is 6.92 Å². The van der Waals surface area contributed by atoms with Gasteiger partial charge in [0.2, 0.25) is 0 Å². The summed E-state index contributed by atoms with van der Waals surface area (Å²) in [5.74, 6) is -0.606. The molecule has 1 aliphatic rings. The number of hydrogen-bond donors (Lipinski definition) is 2. The number of carbonyl (C=O) groups excluding carboxylic acids is 2. The van der Waals surface area contributed by atoms with Gasteiger partial charge in [-0.3, -0.25) is 9.59 Å². The zero-order chi connectivity index (χ0) is 20.7. The van der Waals surface area contributed by atoms with Crippen molar-refractivity contribution in [2.24, 2.45) is 11.7 Å². The minimum atomic E-state index is -0.514. The van der Waals surface area contributed by atoms with Crippen LogP contribution in [0, 0.1) is 18.7 Å². The monoisotopic (exact) mass is 429 g/mol. The Kier molecular flexibility index (Phi) is 5.23. The number of rotatable bonds is 4. The Morgan fingerprint density at radius 2 is 1.97 bits per heavy atom. The van der Waals surface area contributed by atoms with Gasteiger partial charge < -0.3 is 11.1 Å². The molecule has 8 heteroatoms. The van der Waals surface area contributed by atoms with Crippen molar-refractivity contribution >= 4 is 39.5 Å². The van der Waals surface area contributed by atoms with E-state index >= 15 is 0 Å². The van der Waals surface area contributed by atoms with Crippen LogP contribution in [0.15, 0.2) is 24.3 Å². The number of aromatic nitrogens is 1. The highest BCUT2D eigenvalue weighted by molar-refractivity contribution is 7.18. The fraction of sp³-hybridized carbons (Fsp3) is 0.286. The lowest BCUT2D eigenvalue weighted by molar-refractivity contribution is 0.1000. The predicted octanol–water partition coefficient (Wildman–Crippen LogP) is 4.80. The second kappa shape index (κ2) is 7.68. The van der Waals surface area contributed by atoms with E-state index in [2.05, 4.69) is 17.2 Å². The normalized spacial score (nSPS) is 15.8. The van der Waals surface area contributed by atoms with E-state index < -0.39 is 5.91 Å². The maximum atomic E-state index is 13.2. The largest absolute Gasteiger partial charge is 0.365 e. The molecule has 29 heavy (non-hydrogen) atoms. The molecule has 0 bridgehead atoms. The molecular formula is C21H20FN3O2S2. The second-order valence-corrected chi connectivity index (χ2v) is 9.42. The van der Waals surface area contributed by atoms with Crippen LogP contribution < -0.4 is 11.1 Å². The molecule has 2 amide bonds. The first-order valence-corrected chi connectivity index (χ1v) is 11.0. The van der Waals surface area contributed by atoms with Crippen molar-refractivity contribution < 1.29 is 14.0 Å². The summed E-state index contributed by atoms with van der Waals surface area (Å²) < 4.78 is 13.2. The number of anilines is 1. The Morgan fingerprint density at radius 3 is 2.66 bits per heavy atom. The molecule has 3 aromatic rings. The first-order chi connectivity index (χ1) is 13.8. The number of amides is 2. The Bertz CT molecular complexity index is 1100. The van der Waals surface area contributed by atoms with Crippen LogP contribution >= 0.6 is 22.7 Å². The molecule has 1 atom stereocenters. The minimum absolute atomic E-state index is 0.317. The summed E-state index contributed by atoms with van der Waals surface area (Å²) in [6, 6.07) is 5.99. The maximum Gasteiger partial charge on any atom is 0.268 e. The number of halogens is 1. The van der Waals surface area contributed by atoms with E-state index in [1.807, 2.05) is 0 Å². The van der Waals surface area contributed by atoms with Crippen molar-refractivity contribution in [1.29, 1.82) is 0 Å². The first kappa shape index (κ1) is 19.7. The quantitative estimate of drug-likeness (QED) is 0.625. The number of primary amides is 1. The SMILES string of the molecule is Cc1nc(-c2ccc(F)cc2)sc1C(=O)Nc1sc2c(c1C(N)=O)CCC(C)C2. The Balaban J connectivity index is 1.64. The minimum Gasteiger partial charge on any atom is -0.365 e. The molecule has 0 aliphatic heterocycles. The molecule has 2 aromatic heterocycles. The van der Waals surface area contributed by atoms with Gasteiger partial charge in [0.1, 0.15) is 20.7 Å². The number of nitrogens with one attached hydrogen (secondary N) is 1. The molecule has 0 radical (unpaired) electrons. The summed E-state index contributed by atoms with van der Waals surface area (Å²) in [4.78, 5) is 31.1. The number of benzene rings is 1. The van der Waals surface area contributed by atoms with E-state index in [0.29, 0.717) is 32.1 Å². The number of hydrogen-bond acceptors (Lipinski definition) is 5. The Morgan fingerprint density at radius 1 is 1.24 bits per heavy atom. The Labute approximate surface area is 175 Å². The van der Waals surface area contributed by atoms with E-state index in [-0.39, 0.29) is 11.7 Å². The average Bonchev–Trinajstić information content (AvgIpc) is 3.22. The fourth-order valence-corrected chi connectivity index (χ4v) is 5.96. The van der Waals surface area contributed by atoms with Gasteiger partial charge in [0.25, 0.3) is 11.8 Å². The molecule has 0 fully saturated rings. The lowest BCUT2D eigenvalue weighted by Crippen LogP contribution is -2.19. The van der Waals surface area contributed by atoms with Gasteiger partial charge in [-0.15, -0.1) is 22.7 Å². The third-order valence-corrected chi connectivity index (χ3v) is 7.45. The Hall–Kier alpha value is -2.58. The highest BCUT2D eigenvalue weighted by Gasteiger charge is 2.28. The van der Waals surface area contributed by atoms with Crippen molar-refractivity contribution in [1.82, 2.24) is 4.98 Å². The molecule has 5 nitrogen and oxygen atoms in total. The number of aryl methyl sites for hydroxylation is 1. The molecule has 1 unspecified atom stereocenters. The molecule has 1 aromatic carbocycles. The standard InChI is InChI=1S/C21H20FN3O2S2/c1-10-3-8-14-15(9-10)28-21(16(14)18(23)26)25-19(27)17-11(2)24-20(29-17)12-4-6-13(22)7-5-12/h4-7,10H,3,8-9H2,1-2H3,(H2,23,26)(H,25,27). The fourth-order valence-electron chi connectivity index (χ4n) is 3.58. The number of nitrogens with two attached hydrogens (primary N) is 1. The molecule has 0 spiro atoms. The summed E-state index contributed by atoms with van der Waals surface area (Å²) in [5, 5.41) is 4.04. The van der Waals surface area contributed by atoms with Gasteiger partial charge in [-0.05, 0) is 61.9 Å². The van der Waals surface area contributed by atoms with Crippen molar-refractivity contribution in [2.75, 3.05) is 5.32 Å². The predicted molar refractivity (Wildman–Crippen MR) is 114 cm³/mol. The summed E-state index contributed by atoms with van der Waals surface area (Å²) in [6.45, 7) is 3.94. The second-order valence-electron chi connectivity index (χ2n) is 7.31. The number of thiazole rings is 1. The van der Waals surface area contributed by atoms with Crippen molar-refractivity contribution in [3.63, 3.8) is 0 Å². The van der Waals surface area contributed by atoms with Gasteiger partial charge in [0.15, 0.2) is 0 Å². The van der Waals surface area contributed by atoms with E-state index in [9.17, 15) is 14.0 Å². The zero-order valence-corrected chi connectivity index (χ0v) is 17.7. The maximum absolute atomic E-state index is 13.2. The first-order valence-electron chi connectivity index (χ1n) is 9.32. The van der Waals surface area contributed by atoms with E-state index in [1.165, 1.54) is 34.8 Å². The number of fused-ring (bicyclic) bond motifs is 1. The lowest BCUT2D eigenvalue weighted by Gasteiger charge is -2.18. The topological polar surface area (TPSA) is 85.1 Å². The van der Waals surface area contributed by atoms with Crippen LogP contribution in [0.1, 0.15) is 49.5 Å². The van der Waals surface area contributed by atoms with Crippen LogP contribution in [0.3, 0.4) is 0 Å². The molecule has 2 heterocycles. The molecule has 0 saturated carbocycles. The number of carbonyl (C=O) groups is 2. The highest BCUT2D eigenvalue weighted by Crippen LogP contribution is 2.40. The van der Waals surface area contributed by atoms with Gasteiger partial charge in [-0.25, -0.2) is 9.37 Å². The van der Waals surface area contributed by atoms with Crippen LogP contribution in [0.5, 0.6) is 0 Å². The van der Waals surface area contributed by atoms with Crippen LogP contribution in [0.4, 0.5) is 9.39 Å². The highest BCUT2D eigenvalue weighted by atomic mass is 32.1. The number of nitrogens with zero attached hydrogens (tertiary/aromatic N) is 1. The van der Waals surface area contributed by atoms with Gasteiger partial charge in [-0.2, -0.15) is 0 Å². The smallest absolute Gasteiger partial charge is 0.268 e. The van der Waals surface area contributed by atoms with E-state index in [4.69, 9.17) is 5.73 Å². The van der Waals surface area contributed by atoms with Crippen molar-refractivity contribution in [3.8, 4) is 10.6 Å². The zero-order valence-electron chi connectivity index (χ0n) is 16.0. The number of thiophene rings is 1. The molecule has 4 rings (SSSR count).